The summed E-state index contributed by atoms with van der Waals surface area (Å²) in [5.74, 6) is 0.942. The summed E-state index contributed by atoms with van der Waals surface area (Å²) in [4.78, 5) is 5.03. The molecule has 1 unspecified atom stereocenters. The van der Waals surface area contributed by atoms with Gasteiger partial charge in [-0.1, -0.05) is 42.5 Å². The van der Waals surface area contributed by atoms with E-state index >= 15 is 0 Å². The molecule has 0 aromatic heterocycles. The maximum atomic E-state index is 6.36. The molecular formula is C21H29N3O. The van der Waals surface area contributed by atoms with Crippen LogP contribution in [0.2, 0.25) is 0 Å². The highest BCUT2D eigenvalue weighted by molar-refractivity contribution is 5.28. The Morgan fingerprint density at radius 3 is 2.40 bits per heavy atom. The number of piperazine rings is 1. The third-order valence-corrected chi connectivity index (χ3v) is 5.00. The Hall–Kier alpha value is -1.88. The molecule has 25 heavy (non-hydrogen) atoms. The van der Waals surface area contributed by atoms with Crippen molar-refractivity contribution in [1.29, 1.82) is 0 Å². The van der Waals surface area contributed by atoms with Crippen LogP contribution in [-0.2, 0) is 6.42 Å². The highest BCUT2D eigenvalue weighted by atomic mass is 16.5. The average molecular weight is 339 g/mol. The van der Waals surface area contributed by atoms with Crippen molar-refractivity contribution in [3.8, 4) is 5.75 Å². The summed E-state index contributed by atoms with van der Waals surface area (Å²) in [6.45, 7) is 6.47. The molecule has 1 fully saturated rings. The van der Waals surface area contributed by atoms with Crippen molar-refractivity contribution in [2.24, 2.45) is 5.73 Å². The fourth-order valence-corrected chi connectivity index (χ4v) is 3.39. The molecule has 0 aliphatic carbocycles. The molecular weight excluding hydrogens is 310 g/mol. The maximum Gasteiger partial charge on any atom is 0.119 e. The number of methoxy groups -OCH3 is 1. The largest absolute Gasteiger partial charge is 0.497 e. The van der Waals surface area contributed by atoms with E-state index in [-0.39, 0.29) is 6.04 Å². The number of rotatable bonds is 7. The number of hydrogen-bond donors (Lipinski definition) is 1. The molecule has 0 spiro atoms. The van der Waals surface area contributed by atoms with Crippen molar-refractivity contribution >= 4 is 0 Å². The average Bonchev–Trinajstić information content (AvgIpc) is 2.68. The van der Waals surface area contributed by atoms with Gasteiger partial charge in [-0.3, -0.25) is 4.90 Å². The summed E-state index contributed by atoms with van der Waals surface area (Å²) >= 11 is 0. The van der Waals surface area contributed by atoms with Gasteiger partial charge in [0.05, 0.1) is 7.11 Å². The van der Waals surface area contributed by atoms with Crippen LogP contribution in [0.15, 0.2) is 54.6 Å². The molecule has 0 amide bonds. The van der Waals surface area contributed by atoms with Gasteiger partial charge in [-0.25, -0.2) is 0 Å². The Balaban J connectivity index is 1.41. The van der Waals surface area contributed by atoms with Crippen LogP contribution in [0.1, 0.15) is 17.2 Å². The molecule has 134 valence electrons. The lowest BCUT2D eigenvalue weighted by Gasteiger charge is -2.36. The van der Waals surface area contributed by atoms with Gasteiger partial charge < -0.3 is 15.4 Å². The molecule has 0 saturated carbocycles. The number of benzene rings is 2. The Kier molecular flexibility index (Phi) is 6.45. The molecule has 2 aromatic rings. The van der Waals surface area contributed by atoms with Crippen LogP contribution in [0.3, 0.4) is 0 Å². The smallest absolute Gasteiger partial charge is 0.119 e. The molecule has 2 N–H and O–H groups in total. The fourth-order valence-electron chi connectivity index (χ4n) is 3.39. The lowest BCUT2D eigenvalue weighted by Crippen LogP contribution is -2.48. The van der Waals surface area contributed by atoms with Crippen molar-refractivity contribution in [2.75, 3.05) is 46.4 Å². The van der Waals surface area contributed by atoms with Gasteiger partial charge in [0.25, 0.3) is 0 Å². The second kappa shape index (κ2) is 8.99. The van der Waals surface area contributed by atoms with Crippen LogP contribution in [0.4, 0.5) is 0 Å². The summed E-state index contributed by atoms with van der Waals surface area (Å²) in [6.07, 6.45) is 1.07. The fraction of sp³-hybridized carbons (Fsp3) is 0.429. The normalized spacial score (nSPS) is 17.4. The third kappa shape index (κ3) is 5.30. The van der Waals surface area contributed by atoms with Gasteiger partial charge in [0.15, 0.2) is 0 Å². The third-order valence-electron chi connectivity index (χ3n) is 5.00. The summed E-state index contributed by atoms with van der Waals surface area (Å²) in [5, 5.41) is 0. The topological polar surface area (TPSA) is 41.7 Å². The molecule has 0 radical (unpaired) electrons. The Labute approximate surface area is 151 Å². The van der Waals surface area contributed by atoms with E-state index in [4.69, 9.17) is 10.5 Å². The number of hydrogen-bond acceptors (Lipinski definition) is 4. The van der Waals surface area contributed by atoms with Crippen LogP contribution < -0.4 is 10.5 Å². The first-order valence-electron chi connectivity index (χ1n) is 9.13. The van der Waals surface area contributed by atoms with E-state index in [2.05, 4.69) is 52.3 Å². The lowest BCUT2D eigenvalue weighted by molar-refractivity contribution is 0.128. The van der Waals surface area contributed by atoms with Gasteiger partial charge in [-0.15, -0.1) is 0 Å². The number of ether oxygens (including phenoxy) is 1. The van der Waals surface area contributed by atoms with E-state index in [1.54, 1.807) is 7.11 Å². The minimum absolute atomic E-state index is 0.101. The second-order valence-corrected chi connectivity index (χ2v) is 6.76. The Morgan fingerprint density at radius 1 is 0.960 bits per heavy atom. The van der Waals surface area contributed by atoms with Crippen molar-refractivity contribution in [3.05, 3.63) is 65.7 Å². The van der Waals surface area contributed by atoms with Gasteiger partial charge in [0.2, 0.25) is 0 Å². The molecule has 1 aliphatic rings. The van der Waals surface area contributed by atoms with E-state index < -0.39 is 0 Å². The van der Waals surface area contributed by atoms with Crippen molar-refractivity contribution in [1.82, 2.24) is 9.80 Å². The molecule has 2 aromatic carbocycles. The van der Waals surface area contributed by atoms with Crippen LogP contribution >= 0.6 is 0 Å². The van der Waals surface area contributed by atoms with Crippen LogP contribution in [0, 0.1) is 0 Å². The summed E-state index contributed by atoms with van der Waals surface area (Å²) in [6, 6.07) is 18.9. The van der Waals surface area contributed by atoms with E-state index in [9.17, 15) is 0 Å². The zero-order valence-electron chi connectivity index (χ0n) is 15.1. The van der Waals surface area contributed by atoms with Crippen LogP contribution in [-0.4, -0.2) is 56.2 Å². The molecule has 1 atom stereocenters. The standard InChI is InChI=1S/C21H29N3O/c1-25-20-9-5-6-18(16-20)10-11-23-12-14-24(15-13-23)17-21(22)19-7-3-2-4-8-19/h2-9,16,21H,10-15,17,22H2,1H3. The highest BCUT2D eigenvalue weighted by Gasteiger charge is 2.19. The van der Waals surface area contributed by atoms with E-state index in [1.165, 1.54) is 11.1 Å². The predicted molar refractivity (Wildman–Crippen MR) is 103 cm³/mol. The van der Waals surface area contributed by atoms with Crippen molar-refractivity contribution in [2.45, 2.75) is 12.5 Å². The van der Waals surface area contributed by atoms with Gasteiger partial charge in [-0.2, -0.15) is 0 Å². The Bertz CT molecular complexity index is 639. The molecule has 0 bridgehead atoms. The van der Waals surface area contributed by atoms with E-state index in [0.29, 0.717) is 0 Å². The summed E-state index contributed by atoms with van der Waals surface area (Å²) in [5.41, 5.74) is 8.92. The second-order valence-electron chi connectivity index (χ2n) is 6.76. The van der Waals surface area contributed by atoms with Crippen LogP contribution in [0.5, 0.6) is 5.75 Å². The number of nitrogens with two attached hydrogens (primary N) is 1. The van der Waals surface area contributed by atoms with Crippen molar-refractivity contribution in [3.63, 3.8) is 0 Å². The predicted octanol–water partition coefficient (Wildman–Crippen LogP) is 2.56. The lowest BCUT2D eigenvalue weighted by atomic mass is 10.1. The zero-order chi connectivity index (χ0) is 17.5. The monoisotopic (exact) mass is 339 g/mol. The van der Waals surface area contributed by atoms with Gasteiger partial charge in [0.1, 0.15) is 5.75 Å². The highest BCUT2D eigenvalue weighted by Crippen LogP contribution is 2.15. The summed E-state index contributed by atoms with van der Waals surface area (Å²) in [7, 11) is 1.72. The molecule has 4 nitrogen and oxygen atoms in total. The Morgan fingerprint density at radius 2 is 1.68 bits per heavy atom. The minimum atomic E-state index is 0.101. The number of nitrogens with zero attached hydrogens (tertiary/aromatic N) is 2. The maximum absolute atomic E-state index is 6.36. The molecule has 4 heteroatoms. The van der Waals surface area contributed by atoms with Crippen molar-refractivity contribution < 1.29 is 4.74 Å². The van der Waals surface area contributed by atoms with Gasteiger partial charge in [0, 0.05) is 45.3 Å². The van der Waals surface area contributed by atoms with Gasteiger partial charge >= 0.3 is 0 Å². The van der Waals surface area contributed by atoms with Gasteiger partial charge in [-0.05, 0) is 29.7 Å². The van der Waals surface area contributed by atoms with Crippen LogP contribution in [0.25, 0.3) is 0 Å². The SMILES string of the molecule is COc1cccc(CCN2CCN(CC(N)c3ccccc3)CC2)c1. The quantitative estimate of drug-likeness (QED) is 0.842. The van der Waals surface area contributed by atoms with E-state index in [0.717, 1.165) is 51.4 Å². The first-order chi connectivity index (χ1) is 12.2. The molecule has 1 saturated heterocycles. The zero-order valence-corrected chi connectivity index (χ0v) is 15.1. The van der Waals surface area contributed by atoms with E-state index in [1.807, 2.05) is 12.1 Å². The first-order valence-corrected chi connectivity index (χ1v) is 9.13. The summed E-state index contributed by atoms with van der Waals surface area (Å²) < 4.78 is 5.30. The molecule has 1 aliphatic heterocycles. The molecule has 3 rings (SSSR count). The minimum Gasteiger partial charge on any atom is -0.497 e. The first kappa shape index (κ1) is 17.9. The molecule has 1 heterocycles.